The summed E-state index contributed by atoms with van der Waals surface area (Å²) in [4.78, 5) is 4.39. The van der Waals surface area contributed by atoms with Gasteiger partial charge in [-0.25, -0.2) is 0 Å². The largest absolute Gasteiger partial charge is 0.356 e. The predicted octanol–water partition coefficient (Wildman–Crippen LogP) is 4.86. The lowest BCUT2D eigenvalue weighted by molar-refractivity contribution is 0.459. The third-order valence-corrected chi connectivity index (χ3v) is 4.39. The van der Waals surface area contributed by atoms with Crippen molar-refractivity contribution in [3.8, 4) is 11.3 Å². The van der Waals surface area contributed by atoms with Gasteiger partial charge < -0.3 is 10.3 Å². The van der Waals surface area contributed by atoms with Crippen LogP contribution in [0.15, 0.2) is 71.4 Å². The van der Waals surface area contributed by atoms with Crippen LogP contribution in [0.2, 0.25) is 0 Å². The summed E-state index contributed by atoms with van der Waals surface area (Å²) in [6, 6.07) is 19.9. The topological polar surface area (TPSA) is 64.9 Å². The standard InChI is InChI=1S/C21H19N3O.ClH/c1-14-9-10-16(21-17-7-2-3-8-20(17)25-24-21)18(12-14)19(22)13-15-6-4-5-11-23-15;/h2-12,19H,13,22H2,1H3;1H/t19-;/m0./s1. The number of rotatable bonds is 4. The number of fused-ring (bicyclic) bond motifs is 1. The molecule has 0 saturated heterocycles. The number of para-hydroxylation sites is 1. The summed E-state index contributed by atoms with van der Waals surface area (Å²) < 4.78 is 5.48. The van der Waals surface area contributed by atoms with E-state index in [0.29, 0.717) is 6.42 Å². The van der Waals surface area contributed by atoms with Crippen molar-refractivity contribution in [3.63, 3.8) is 0 Å². The van der Waals surface area contributed by atoms with Crippen LogP contribution in [0.5, 0.6) is 0 Å². The second-order valence-corrected chi connectivity index (χ2v) is 6.25. The maximum Gasteiger partial charge on any atom is 0.167 e. The Bertz CT molecular complexity index is 1010. The van der Waals surface area contributed by atoms with Gasteiger partial charge in [0.2, 0.25) is 0 Å². The second-order valence-electron chi connectivity index (χ2n) is 6.25. The van der Waals surface area contributed by atoms with Gasteiger partial charge in [0.15, 0.2) is 5.58 Å². The van der Waals surface area contributed by atoms with E-state index in [9.17, 15) is 0 Å². The highest BCUT2D eigenvalue weighted by Gasteiger charge is 2.18. The van der Waals surface area contributed by atoms with Crippen molar-refractivity contribution in [2.75, 3.05) is 0 Å². The fraction of sp³-hybridized carbons (Fsp3) is 0.143. The number of halogens is 1. The number of hydrogen-bond acceptors (Lipinski definition) is 4. The van der Waals surface area contributed by atoms with E-state index in [0.717, 1.165) is 33.5 Å². The van der Waals surface area contributed by atoms with Gasteiger partial charge in [-0.05, 0) is 36.8 Å². The van der Waals surface area contributed by atoms with Crippen molar-refractivity contribution < 1.29 is 4.52 Å². The molecule has 4 rings (SSSR count). The molecule has 5 heteroatoms. The van der Waals surface area contributed by atoms with Gasteiger partial charge in [0, 0.05) is 35.3 Å². The minimum absolute atomic E-state index is 0. The monoisotopic (exact) mass is 365 g/mol. The molecule has 132 valence electrons. The number of aromatic nitrogens is 2. The van der Waals surface area contributed by atoms with E-state index in [-0.39, 0.29) is 18.4 Å². The van der Waals surface area contributed by atoms with E-state index in [1.54, 1.807) is 6.20 Å². The lowest BCUT2D eigenvalue weighted by Crippen LogP contribution is -2.15. The molecule has 1 atom stereocenters. The Morgan fingerprint density at radius 3 is 2.65 bits per heavy atom. The van der Waals surface area contributed by atoms with E-state index in [1.807, 2.05) is 42.5 Å². The number of nitrogens with zero attached hydrogens (tertiary/aromatic N) is 2. The van der Waals surface area contributed by atoms with Crippen molar-refractivity contribution in [2.24, 2.45) is 5.73 Å². The summed E-state index contributed by atoms with van der Waals surface area (Å²) in [6.07, 6.45) is 2.47. The summed E-state index contributed by atoms with van der Waals surface area (Å²) >= 11 is 0. The highest BCUT2D eigenvalue weighted by atomic mass is 35.5. The van der Waals surface area contributed by atoms with Gasteiger partial charge in [-0.1, -0.05) is 47.1 Å². The van der Waals surface area contributed by atoms with Crippen LogP contribution in [0.1, 0.15) is 22.9 Å². The summed E-state index contributed by atoms with van der Waals surface area (Å²) in [6.45, 7) is 2.07. The average molecular weight is 366 g/mol. The van der Waals surface area contributed by atoms with Crippen LogP contribution >= 0.6 is 12.4 Å². The van der Waals surface area contributed by atoms with Crippen molar-refractivity contribution in [3.05, 3.63) is 83.7 Å². The molecule has 0 amide bonds. The molecule has 0 spiro atoms. The summed E-state index contributed by atoms with van der Waals surface area (Å²) in [7, 11) is 0. The molecular formula is C21H20ClN3O. The molecule has 26 heavy (non-hydrogen) atoms. The second kappa shape index (κ2) is 7.68. The third kappa shape index (κ3) is 3.47. The van der Waals surface area contributed by atoms with Crippen molar-refractivity contribution in [2.45, 2.75) is 19.4 Å². The summed E-state index contributed by atoms with van der Waals surface area (Å²) in [5.74, 6) is 0. The van der Waals surface area contributed by atoms with Gasteiger partial charge in [0.25, 0.3) is 0 Å². The fourth-order valence-corrected chi connectivity index (χ4v) is 3.14. The van der Waals surface area contributed by atoms with E-state index in [2.05, 4.69) is 35.3 Å². The third-order valence-electron chi connectivity index (χ3n) is 4.39. The minimum atomic E-state index is -0.166. The van der Waals surface area contributed by atoms with Crippen LogP contribution < -0.4 is 5.73 Å². The van der Waals surface area contributed by atoms with Crippen LogP contribution in [-0.4, -0.2) is 10.1 Å². The Balaban J connectivity index is 0.00000196. The molecule has 0 saturated carbocycles. The quantitative estimate of drug-likeness (QED) is 0.560. The van der Waals surface area contributed by atoms with Crippen molar-refractivity contribution in [1.29, 1.82) is 0 Å². The zero-order chi connectivity index (χ0) is 17.2. The fourth-order valence-electron chi connectivity index (χ4n) is 3.14. The van der Waals surface area contributed by atoms with Gasteiger partial charge in [-0.3, -0.25) is 4.98 Å². The molecule has 2 aromatic heterocycles. The molecule has 0 radical (unpaired) electrons. The van der Waals surface area contributed by atoms with Gasteiger partial charge in [0.05, 0.1) is 0 Å². The maximum atomic E-state index is 6.55. The van der Waals surface area contributed by atoms with Gasteiger partial charge in [-0.15, -0.1) is 12.4 Å². The van der Waals surface area contributed by atoms with Crippen LogP contribution in [0.25, 0.3) is 22.2 Å². The molecule has 0 bridgehead atoms. The molecule has 2 N–H and O–H groups in total. The van der Waals surface area contributed by atoms with E-state index in [4.69, 9.17) is 10.3 Å². The smallest absolute Gasteiger partial charge is 0.167 e. The molecule has 4 aromatic rings. The van der Waals surface area contributed by atoms with Crippen LogP contribution in [0, 0.1) is 6.92 Å². The molecule has 2 aromatic carbocycles. The number of nitrogens with two attached hydrogens (primary N) is 1. The van der Waals surface area contributed by atoms with E-state index >= 15 is 0 Å². The molecule has 0 fully saturated rings. The van der Waals surface area contributed by atoms with Gasteiger partial charge in [0.1, 0.15) is 5.69 Å². The Labute approximate surface area is 158 Å². The number of aryl methyl sites for hydroxylation is 1. The lowest BCUT2D eigenvalue weighted by atomic mass is 9.93. The first kappa shape index (κ1) is 18.1. The molecule has 4 nitrogen and oxygen atoms in total. The summed E-state index contributed by atoms with van der Waals surface area (Å²) in [5.41, 5.74) is 12.4. The normalized spacial score (nSPS) is 11.9. The zero-order valence-electron chi connectivity index (χ0n) is 14.4. The van der Waals surface area contributed by atoms with Crippen LogP contribution in [0.4, 0.5) is 0 Å². The SMILES string of the molecule is Cc1ccc(-c2noc3ccccc23)c([C@@H](N)Cc2ccccn2)c1.Cl. The predicted molar refractivity (Wildman–Crippen MR) is 106 cm³/mol. The number of benzene rings is 2. The first-order valence-electron chi connectivity index (χ1n) is 8.33. The molecule has 0 unspecified atom stereocenters. The Kier molecular flexibility index (Phi) is 5.35. The molecule has 0 aliphatic rings. The van der Waals surface area contributed by atoms with E-state index < -0.39 is 0 Å². The van der Waals surface area contributed by atoms with Crippen LogP contribution in [-0.2, 0) is 6.42 Å². The summed E-state index contributed by atoms with van der Waals surface area (Å²) in [5, 5.41) is 5.30. The first-order valence-corrected chi connectivity index (χ1v) is 8.33. The van der Waals surface area contributed by atoms with Gasteiger partial charge >= 0.3 is 0 Å². The first-order chi connectivity index (χ1) is 12.2. The highest BCUT2D eigenvalue weighted by molar-refractivity contribution is 5.92. The molecular weight excluding hydrogens is 346 g/mol. The van der Waals surface area contributed by atoms with Crippen molar-refractivity contribution >= 4 is 23.4 Å². The average Bonchev–Trinajstić information content (AvgIpc) is 3.06. The molecule has 0 aliphatic carbocycles. The van der Waals surface area contributed by atoms with Gasteiger partial charge in [-0.2, -0.15) is 0 Å². The Morgan fingerprint density at radius 1 is 1.04 bits per heavy atom. The lowest BCUT2D eigenvalue weighted by Gasteiger charge is -2.16. The van der Waals surface area contributed by atoms with Crippen LogP contribution in [0.3, 0.4) is 0 Å². The molecule has 2 heterocycles. The Morgan fingerprint density at radius 2 is 1.85 bits per heavy atom. The Hall–Kier alpha value is -2.69. The van der Waals surface area contributed by atoms with E-state index in [1.165, 1.54) is 5.56 Å². The number of pyridine rings is 1. The zero-order valence-corrected chi connectivity index (χ0v) is 15.2. The molecule has 0 aliphatic heterocycles. The maximum absolute atomic E-state index is 6.55. The van der Waals surface area contributed by atoms with Crippen molar-refractivity contribution in [1.82, 2.24) is 10.1 Å². The highest BCUT2D eigenvalue weighted by Crippen LogP contribution is 2.33. The minimum Gasteiger partial charge on any atom is -0.356 e. The number of hydrogen-bond donors (Lipinski definition) is 1.